The first-order valence-electron chi connectivity index (χ1n) is 7.75. The Hall–Kier alpha value is -2.54. The molecular weight excluding hydrogens is 333 g/mol. The van der Waals surface area contributed by atoms with Crippen LogP contribution in [0.5, 0.6) is 5.75 Å². The third kappa shape index (κ3) is 5.22. The van der Waals surface area contributed by atoms with Gasteiger partial charge in [0.2, 0.25) is 5.91 Å². The fourth-order valence-corrected chi connectivity index (χ4v) is 2.30. The fraction of sp³-hybridized carbons (Fsp3) is 0.278. The molecule has 0 saturated heterocycles. The van der Waals surface area contributed by atoms with E-state index in [1.165, 1.54) is 6.07 Å². The van der Waals surface area contributed by atoms with E-state index in [2.05, 4.69) is 5.32 Å². The van der Waals surface area contributed by atoms with Gasteiger partial charge in [-0.3, -0.25) is 4.79 Å². The van der Waals surface area contributed by atoms with Gasteiger partial charge in [0.05, 0.1) is 17.9 Å². The normalized spacial score (nSPS) is 12.5. The van der Waals surface area contributed by atoms with Gasteiger partial charge in [-0.1, -0.05) is 30.3 Å². The van der Waals surface area contributed by atoms with Crippen molar-refractivity contribution in [2.75, 3.05) is 11.9 Å². The lowest BCUT2D eigenvalue weighted by molar-refractivity contribution is -0.137. The molecule has 0 aliphatic rings. The third-order valence-corrected chi connectivity index (χ3v) is 3.51. The van der Waals surface area contributed by atoms with Crippen molar-refractivity contribution in [3.8, 4) is 5.75 Å². The number of ether oxygens (including phenoxy) is 1. The number of carbonyl (C=O) groups is 1. The molecule has 2 aromatic carbocycles. The third-order valence-electron chi connectivity index (χ3n) is 3.51. The van der Waals surface area contributed by atoms with Crippen LogP contribution in [-0.2, 0) is 11.0 Å². The Bertz CT molecular complexity index is 718. The van der Waals surface area contributed by atoms with Crippen molar-refractivity contribution >= 4 is 11.6 Å². The smallest absolute Gasteiger partial charge is 0.416 e. The highest BCUT2D eigenvalue weighted by Gasteiger charge is 2.31. The average Bonchev–Trinajstić information content (AvgIpc) is 2.56. The standard InChI is InChI=1S/C18H19F3N2O2/c1-2-25-16-9-8-13(18(19,20)21)10-15(16)23-17(24)11-14(22)12-6-4-3-5-7-12/h3-10,14H,2,11,22H2,1H3,(H,23,24). The number of carbonyl (C=O) groups excluding carboxylic acids is 1. The molecule has 0 aliphatic carbocycles. The second kappa shape index (κ2) is 8.02. The fourth-order valence-electron chi connectivity index (χ4n) is 2.30. The van der Waals surface area contributed by atoms with E-state index in [-0.39, 0.29) is 24.5 Å². The van der Waals surface area contributed by atoms with Crippen LogP contribution in [0.15, 0.2) is 48.5 Å². The first kappa shape index (κ1) is 18.8. The number of nitrogens with one attached hydrogen (secondary N) is 1. The summed E-state index contributed by atoms with van der Waals surface area (Å²) in [6.45, 7) is 1.96. The maximum absolute atomic E-state index is 12.9. The predicted octanol–water partition coefficient (Wildman–Crippen LogP) is 4.13. The lowest BCUT2D eigenvalue weighted by Gasteiger charge is -2.16. The molecule has 0 saturated carbocycles. The molecule has 7 heteroatoms. The second-order valence-electron chi connectivity index (χ2n) is 5.41. The molecule has 0 spiro atoms. The minimum atomic E-state index is -4.51. The molecule has 0 aliphatic heterocycles. The van der Waals surface area contributed by atoms with E-state index in [0.29, 0.717) is 0 Å². The van der Waals surface area contributed by atoms with Crippen molar-refractivity contribution in [1.82, 2.24) is 0 Å². The van der Waals surface area contributed by atoms with Crippen LogP contribution in [0, 0.1) is 0 Å². The molecule has 1 amide bonds. The molecule has 0 fully saturated rings. The van der Waals surface area contributed by atoms with Crippen molar-refractivity contribution < 1.29 is 22.7 Å². The quantitative estimate of drug-likeness (QED) is 0.821. The van der Waals surface area contributed by atoms with Gasteiger partial charge in [0.25, 0.3) is 0 Å². The topological polar surface area (TPSA) is 64.3 Å². The van der Waals surface area contributed by atoms with E-state index in [1.807, 2.05) is 6.07 Å². The molecule has 25 heavy (non-hydrogen) atoms. The van der Waals surface area contributed by atoms with Crippen LogP contribution in [0.3, 0.4) is 0 Å². The first-order chi connectivity index (χ1) is 11.8. The highest BCUT2D eigenvalue weighted by atomic mass is 19.4. The Kier molecular flexibility index (Phi) is 6.03. The van der Waals surface area contributed by atoms with Crippen LogP contribution in [0.4, 0.5) is 18.9 Å². The Labute approximate surface area is 143 Å². The van der Waals surface area contributed by atoms with Crippen LogP contribution >= 0.6 is 0 Å². The molecule has 1 atom stereocenters. The Morgan fingerprint density at radius 1 is 1.20 bits per heavy atom. The summed E-state index contributed by atoms with van der Waals surface area (Å²) >= 11 is 0. The summed E-state index contributed by atoms with van der Waals surface area (Å²) in [5.41, 5.74) is 5.86. The van der Waals surface area contributed by atoms with Gasteiger partial charge in [-0.05, 0) is 30.7 Å². The zero-order valence-electron chi connectivity index (χ0n) is 13.6. The number of nitrogens with two attached hydrogens (primary N) is 1. The summed E-state index contributed by atoms with van der Waals surface area (Å²) in [5.74, 6) is -0.311. The largest absolute Gasteiger partial charge is 0.492 e. The second-order valence-corrected chi connectivity index (χ2v) is 5.41. The van der Waals surface area contributed by atoms with Crippen LogP contribution in [0.1, 0.15) is 30.5 Å². The summed E-state index contributed by atoms with van der Waals surface area (Å²) in [6, 6.07) is 11.4. The molecular formula is C18H19F3N2O2. The van der Waals surface area contributed by atoms with Crippen LogP contribution in [0.2, 0.25) is 0 Å². The summed E-state index contributed by atoms with van der Waals surface area (Å²) in [7, 11) is 0. The van der Waals surface area contributed by atoms with Crippen LogP contribution in [-0.4, -0.2) is 12.5 Å². The van der Waals surface area contributed by atoms with E-state index in [1.54, 1.807) is 31.2 Å². The van der Waals surface area contributed by atoms with Crippen molar-refractivity contribution in [3.05, 3.63) is 59.7 Å². The van der Waals surface area contributed by atoms with Gasteiger partial charge in [-0.25, -0.2) is 0 Å². The van der Waals surface area contributed by atoms with Crippen molar-refractivity contribution in [1.29, 1.82) is 0 Å². The maximum atomic E-state index is 12.9. The lowest BCUT2D eigenvalue weighted by atomic mass is 10.0. The van der Waals surface area contributed by atoms with Crippen LogP contribution in [0.25, 0.3) is 0 Å². The molecule has 0 radical (unpaired) electrons. The number of rotatable bonds is 6. The Morgan fingerprint density at radius 2 is 1.88 bits per heavy atom. The molecule has 0 aromatic heterocycles. The zero-order chi connectivity index (χ0) is 18.4. The number of hydrogen-bond acceptors (Lipinski definition) is 3. The van der Waals surface area contributed by atoms with E-state index in [9.17, 15) is 18.0 Å². The summed E-state index contributed by atoms with van der Waals surface area (Å²) in [5, 5.41) is 2.46. The summed E-state index contributed by atoms with van der Waals surface area (Å²) < 4.78 is 43.9. The Balaban J connectivity index is 2.15. The van der Waals surface area contributed by atoms with E-state index >= 15 is 0 Å². The summed E-state index contributed by atoms with van der Waals surface area (Å²) in [4.78, 5) is 12.2. The molecule has 2 aromatic rings. The van der Waals surface area contributed by atoms with E-state index in [0.717, 1.165) is 17.7 Å². The van der Waals surface area contributed by atoms with Gasteiger partial charge in [-0.2, -0.15) is 13.2 Å². The first-order valence-corrected chi connectivity index (χ1v) is 7.75. The van der Waals surface area contributed by atoms with Crippen molar-refractivity contribution in [3.63, 3.8) is 0 Å². The minimum absolute atomic E-state index is 0.0260. The molecule has 0 bridgehead atoms. The van der Waals surface area contributed by atoms with Gasteiger partial charge >= 0.3 is 6.18 Å². The SMILES string of the molecule is CCOc1ccc(C(F)(F)F)cc1NC(=O)CC(N)c1ccccc1. The van der Waals surface area contributed by atoms with Gasteiger partial charge in [0.15, 0.2) is 0 Å². The molecule has 4 nitrogen and oxygen atoms in total. The number of benzene rings is 2. The minimum Gasteiger partial charge on any atom is -0.492 e. The lowest BCUT2D eigenvalue weighted by Crippen LogP contribution is -2.21. The molecule has 0 heterocycles. The van der Waals surface area contributed by atoms with Crippen molar-refractivity contribution in [2.24, 2.45) is 5.73 Å². The van der Waals surface area contributed by atoms with Crippen molar-refractivity contribution in [2.45, 2.75) is 25.6 Å². The number of alkyl halides is 3. The zero-order valence-corrected chi connectivity index (χ0v) is 13.6. The summed E-state index contributed by atoms with van der Waals surface area (Å²) in [6.07, 6.45) is -4.57. The van der Waals surface area contributed by atoms with Gasteiger partial charge in [-0.15, -0.1) is 0 Å². The van der Waals surface area contributed by atoms with E-state index < -0.39 is 23.7 Å². The maximum Gasteiger partial charge on any atom is 0.416 e. The number of anilines is 1. The van der Waals surface area contributed by atoms with Gasteiger partial charge in [0.1, 0.15) is 5.75 Å². The number of hydrogen-bond donors (Lipinski definition) is 2. The number of amides is 1. The average molecular weight is 352 g/mol. The molecule has 3 N–H and O–H groups in total. The molecule has 2 rings (SSSR count). The van der Waals surface area contributed by atoms with Gasteiger partial charge in [0, 0.05) is 12.5 Å². The molecule has 134 valence electrons. The molecule has 1 unspecified atom stereocenters. The van der Waals surface area contributed by atoms with Gasteiger partial charge < -0.3 is 15.8 Å². The monoisotopic (exact) mass is 352 g/mol. The highest BCUT2D eigenvalue weighted by Crippen LogP contribution is 2.35. The number of halogens is 3. The predicted molar refractivity (Wildman–Crippen MR) is 89.2 cm³/mol. The highest BCUT2D eigenvalue weighted by molar-refractivity contribution is 5.92. The van der Waals surface area contributed by atoms with E-state index in [4.69, 9.17) is 10.5 Å². The van der Waals surface area contributed by atoms with Crippen LogP contribution < -0.4 is 15.8 Å². The Morgan fingerprint density at radius 3 is 2.48 bits per heavy atom.